The molecule has 1 aromatic rings. The van der Waals surface area contributed by atoms with E-state index in [1.165, 1.54) is 0 Å². The molecule has 0 aromatic heterocycles. The molecule has 13 heavy (non-hydrogen) atoms. The molecular weight excluding hydrogens is 190 g/mol. The van der Waals surface area contributed by atoms with Crippen LogP contribution in [0.25, 0.3) is 0 Å². The highest BCUT2D eigenvalue weighted by atomic mass is 35.5. The van der Waals surface area contributed by atoms with Crippen LogP contribution in [0.5, 0.6) is 5.75 Å². The fourth-order valence-electron chi connectivity index (χ4n) is 0.791. The Morgan fingerprint density at radius 2 is 2.00 bits per heavy atom. The highest BCUT2D eigenvalue weighted by Gasteiger charge is 2.01. The quantitative estimate of drug-likeness (QED) is 0.766. The van der Waals surface area contributed by atoms with Crippen molar-refractivity contribution in [2.45, 2.75) is 6.10 Å². The molecule has 0 radical (unpaired) electrons. The first kappa shape index (κ1) is 10.3. The molecule has 0 aliphatic carbocycles. The lowest BCUT2D eigenvalue weighted by molar-refractivity contribution is 0.114. The molecule has 1 aromatic carbocycles. The summed E-state index contributed by atoms with van der Waals surface area (Å²) in [5.74, 6) is 0.678. The molecule has 3 N–H and O–H groups in total. The SMILES string of the molecule is NC[C@H](O)COc1ccc(Cl)cc1. The lowest BCUT2D eigenvalue weighted by Crippen LogP contribution is -2.26. The van der Waals surface area contributed by atoms with Gasteiger partial charge in [-0.1, -0.05) is 11.6 Å². The largest absolute Gasteiger partial charge is 0.491 e. The predicted molar refractivity (Wildman–Crippen MR) is 52.0 cm³/mol. The van der Waals surface area contributed by atoms with Crippen LogP contribution in [0.4, 0.5) is 0 Å². The van der Waals surface area contributed by atoms with E-state index >= 15 is 0 Å². The van der Waals surface area contributed by atoms with Crippen LogP contribution in [0, 0.1) is 0 Å². The molecule has 0 unspecified atom stereocenters. The normalized spacial score (nSPS) is 12.5. The highest BCUT2D eigenvalue weighted by Crippen LogP contribution is 2.15. The number of rotatable bonds is 4. The third-order valence-electron chi connectivity index (χ3n) is 1.53. The second-order valence-electron chi connectivity index (χ2n) is 2.65. The second-order valence-corrected chi connectivity index (χ2v) is 3.09. The smallest absolute Gasteiger partial charge is 0.119 e. The summed E-state index contributed by atoms with van der Waals surface area (Å²) >= 11 is 5.68. The molecule has 0 aliphatic rings. The molecule has 0 bridgehead atoms. The van der Waals surface area contributed by atoms with Crippen molar-refractivity contribution in [1.82, 2.24) is 0 Å². The lowest BCUT2D eigenvalue weighted by Gasteiger charge is -2.09. The van der Waals surface area contributed by atoms with Crippen molar-refractivity contribution >= 4 is 11.6 Å². The van der Waals surface area contributed by atoms with E-state index in [9.17, 15) is 0 Å². The summed E-state index contributed by atoms with van der Waals surface area (Å²) in [4.78, 5) is 0. The molecule has 0 heterocycles. The van der Waals surface area contributed by atoms with Gasteiger partial charge in [0.05, 0.1) is 0 Å². The zero-order chi connectivity index (χ0) is 9.68. The Balaban J connectivity index is 2.41. The minimum Gasteiger partial charge on any atom is -0.491 e. The molecule has 0 spiro atoms. The van der Waals surface area contributed by atoms with Crippen LogP contribution in [0.2, 0.25) is 5.02 Å². The van der Waals surface area contributed by atoms with Crippen molar-refractivity contribution in [3.05, 3.63) is 29.3 Å². The van der Waals surface area contributed by atoms with Crippen molar-refractivity contribution in [3.63, 3.8) is 0 Å². The van der Waals surface area contributed by atoms with Crippen molar-refractivity contribution in [2.75, 3.05) is 13.2 Å². The summed E-state index contributed by atoms with van der Waals surface area (Å²) in [6.07, 6.45) is -0.615. The fourth-order valence-corrected chi connectivity index (χ4v) is 0.917. The second kappa shape index (κ2) is 5.07. The van der Waals surface area contributed by atoms with Gasteiger partial charge in [-0.2, -0.15) is 0 Å². The summed E-state index contributed by atoms with van der Waals surface area (Å²) in [5, 5.41) is 9.76. The third-order valence-corrected chi connectivity index (χ3v) is 1.78. The Morgan fingerprint density at radius 3 is 2.54 bits per heavy atom. The molecule has 72 valence electrons. The van der Waals surface area contributed by atoms with Gasteiger partial charge in [0.25, 0.3) is 0 Å². The van der Waals surface area contributed by atoms with Crippen LogP contribution >= 0.6 is 11.6 Å². The monoisotopic (exact) mass is 201 g/mol. The van der Waals surface area contributed by atoms with Crippen molar-refractivity contribution in [3.8, 4) is 5.75 Å². The Morgan fingerprint density at radius 1 is 1.38 bits per heavy atom. The maximum absolute atomic E-state index is 9.10. The van der Waals surface area contributed by atoms with Gasteiger partial charge in [0.2, 0.25) is 0 Å². The topological polar surface area (TPSA) is 55.5 Å². The van der Waals surface area contributed by atoms with Crippen LogP contribution in [0.3, 0.4) is 0 Å². The zero-order valence-corrected chi connectivity index (χ0v) is 7.87. The molecule has 0 fully saturated rings. The first-order valence-corrected chi connectivity index (χ1v) is 4.36. The van der Waals surface area contributed by atoms with Crippen LogP contribution in [0.1, 0.15) is 0 Å². The average molecular weight is 202 g/mol. The minimum atomic E-state index is -0.615. The minimum absolute atomic E-state index is 0.202. The van der Waals surface area contributed by atoms with Gasteiger partial charge in [-0.15, -0.1) is 0 Å². The summed E-state index contributed by atoms with van der Waals surface area (Å²) < 4.78 is 5.23. The molecule has 0 amide bonds. The number of hydrogen-bond donors (Lipinski definition) is 2. The predicted octanol–water partition coefficient (Wildman–Crippen LogP) is 1.04. The van der Waals surface area contributed by atoms with Crippen molar-refractivity contribution < 1.29 is 9.84 Å². The summed E-state index contributed by atoms with van der Waals surface area (Å²) in [6.45, 7) is 0.408. The standard InChI is InChI=1S/C9H12ClNO2/c10-7-1-3-9(4-2-7)13-6-8(12)5-11/h1-4,8,12H,5-6,11H2/t8-/m0/s1. The van der Waals surface area contributed by atoms with Gasteiger partial charge in [-0.3, -0.25) is 0 Å². The number of ether oxygens (including phenoxy) is 1. The average Bonchev–Trinajstić information content (AvgIpc) is 2.16. The molecule has 1 atom stereocenters. The van der Waals surface area contributed by atoms with Gasteiger partial charge >= 0.3 is 0 Å². The van der Waals surface area contributed by atoms with E-state index in [1.807, 2.05) is 0 Å². The van der Waals surface area contributed by atoms with E-state index in [-0.39, 0.29) is 13.2 Å². The van der Waals surface area contributed by atoms with Crippen LogP contribution in [-0.2, 0) is 0 Å². The van der Waals surface area contributed by atoms with Gasteiger partial charge in [0.1, 0.15) is 18.5 Å². The van der Waals surface area contributed by atoms with Gasteiger partial charge in [-0.25, -0.2) is 0 Å². The number of aliphatic hydroxyl groups excluding tert-OH is 1. The number of hydrogen-bond acceptors (Lipinski definition) is 3. The van der Waals surface area contributed by atoms with Crippen LogP contribution in [-0.4, -0.2) is 24.4 Å². The maximum atomic E-state index is 9.10. The van der Waals surface area contributed by atoms with Crippen LogP contribution in [0.15, 0.2) is 24.3 Å². The molecular formula is C9H12ClNO2. The van der Waals surface area contributed by atoms with E-state index in [4.69, 9.17) is 27.2 Å². The van der Waals surface area contributed by atoms with Gasteiger partial charge in [0, 0.05) is 11.6 Å². The van der Waals surface area contributed by atoms with Gasteiger partial charge in [0.15, 0.2) is 0 Å². The number of halogens is 1. The Hall–Kier alpha value is -0.770. The molecule has 1 rings (SSSR count). The van der Waals surface area contributed by atoms with E-state index in [0.717, 1.165) is 0 Å². The molecule has 4 heteroatoms. The number of benzene rings is 1. The van der Waals surface area contributed by atoms with Gasteiger partial charge < -0.3 is 15.6 Å². The zero-order valence-electron chi connectivity index (χ0n) is 7.11. The molecule has 3 nitrogen and oxygen atoms in total. The molecule has 0 saturated carbocycles. The first-order valence-electron chi connectivity index (χ1n) is 3.99. The van der Waals surface area contributed by atoms with Gasteiger partial charge in [-0.05, 0) is 24.3 Å². The molecule has 0 aliphatic heterocycles. The molecule has 0 saturated heterocycles. The van der Waals surface area contributed by atoms with E-state index in [0.29, 0.717) is 10.8 Å². The van der Waals surface area contributed by atoms with Crippen molar-refractivity contribution in [2.24, 2.45) is 5.73 Å². The summed E-state index contributed by atoms with van der Waals surface area (Å²) in [6, 6.07) is 6.94. The Kier molecular flexibility index (Phi) is 4.02. The van der Waals surface area contributed by atoms with Crippen LogP contribution < -0.4 is 10.5 Å². The Labute approximate surface area is 82.1 Å². The number of aliphatic hydroxyl groups is 1. The third kappa shape index (κ3) is 3.63. The fraction of sp³-hybridized carbons (Fsp3) is 0.333. The highest BCUT2D eigenvalue weighted by molar-refractivity contribution is 6.30. The Bertz CT molecular complexity index is 250. The van der Waals surface area contributed by atoms with E-state index < -0.39 is 6.10 Å². The number of nitrogens with two attached hydrogens (primary N) is 1. The maximum Gasteiger partial charge on any atom is 0.119 e. The summed E-state index contributed by atoms with van der Waals surface area (Å²) in [5.41, 5.74) is 5.21. The first-order chi connectivity index (χ1) is 6.22. The lowest BCUT2D eigenvalue weighted by atomic mass is 10.3. The summed E-state index contributed by atoms with van der Waals surface area (Å²) in [7, 11) is 0. The van der Waals surface area contributed by atoms with E-state index in [1.54, 1.807) is 24.3 Å². The van der Waals surface area contributed by atoms with E-state index in [2.05, 4.69) is 0 Å². The van der Waals surface area contributed by atoms with Crippen molar-refractivity contribution in [1.29, 1.82) is 0 Å².